The van der Waals surface area contributed by atoms with Crippen molar-refractivity contribution in [2.45, 2.75) is 13.8 Å². The van der Waals surface area contributed by atoms with Crippen molar-refractivity contribution in [2.75, 3.05) is 5.32 Å². The average Bonchev–Trinajstić information content (AvgIpc) is 2.66. The Labute approximate surface area is 92.5 Å². The molecule has 0 bridgehead atoms. The van der Waals surface area contributed by atoms with E-state index in [2.05, 4.69) is 15.5 Å². The lowest BCUT2D eigenvalue weighted by Crippen LogP contribution is -2.05. The van der Waals surface area contributed by atoms with Crippen LogP contribution in [-0.2, 0) is 4.79 Å². The lowest BCUT2D eigenvalue weighted by Gasteiger charge is -1.95. The lowest BCUT2D eigenvalue weighted by molar-refractivity contribution is -0.114. The third-order valence-electron chi connectivity index (χ3n) is 2.01. The molecule has 0 fully saturated rings. The predicted octanol–water partition coefficient (Wildman–Crippen LogP) is 2.00. The minimum Gasteiger partial charge on any atom is -0.403 e. The van der Waals surface area contributed by atoms with Crippen molar-refractivity contribution >= 4 is 11.9 Å². The molecule has 0 aliphatic rings. The fraction of sp³-hybridized carbons (Fsp3) is 0.182. The molecule has 82 valence electrons. The Hall–Kier alpha value is -2.17. The maximum atomic E-state index is 10.8. The van der Waals surface area contributed by atoms with Crippen LogP contribution in [0.5, 0.6) is 0 Å². The Bertz CT molecular complexity index is 502. The molecule has 0 radical (unpaired) electrons. The standard InChI is InChI=1S/C11H11N3O2/c1-7-3-5-9(6-4-7)10-13-14-11(16-10)12-8(2)15/h3-6H,1-2H3,(H,12,14,15). The first kappa shape index (κ1) is 10.4. The van der Waals surface area contributed by atoms with Crippen LogP contribution in [0.2, 0.25) is 0 Å². The van der Waals surface area contributed by atoms with E-state index < -0.39 is 0 Å². The van der Waals surface area contributed by atoms with Gasteiger partial charge in [0.1, 0.15) is 0 Å². The average molecular weight is 217 g/mol. The molecule has 5 nitrogen and oxygen atoms in total. The van der Waals surface area contributed by atoms with Gasteiger partial charge in [0.2, 0.25) is 11.8 Å². The summed E-state index contributed by atoms with van der Waals surface area (Å²) in [5.74, 6) is 0.155. The largest absolute Gasteiger partial charge is 0.403 e. The van der Waals surface area contributed by atoms with Crippen LogP contribution in [0.1, 0.15) is 12.5 Å². The zero-order valence-electron chi connectivity index (χ0n) is 9.02. The molecule has 1 amide bonds. The van der Waals surface area contributed by atoms with Crippen molar-refractivity contribution in [3.63, 3.8) is 0 Å². The number of hydrogen-bond acceptors (Lipinski definition) is 4. The predicted molar refractivity (Wildman–Crippen MR) is 58.8 cm³/mol. The van der Waals surface area contributed by atoms with Crippen molar-refractivity contribution in [2.24, 2.45) is 0 Å². The fourth-order valence-corrected chi connectivity index (χ4v) is 1.24. The molecular weight excluding hydrogens is 206 g/mol. The molecule has 1 heterocycles. The highest BCUT2D eigenvalue weighted by atomic mass is 16.4. The maximum absolute atomic E-state index is 10.8. The molecule has 0 aliphatic carbocycles. The first-order valence-electron chi connectivity index (χ1n) is 4.83. The van der Waals surface area contributed by atoms with Crippen molar-refractivity contribution in [1.82, 2.24) is 10.2 Å². The normalized spacial score (nSPS) is 10.1. The molecule has 0 spiro atoms. The van der Waals surface area contributed by atoms with Gasteiger partial charge in [-0.15, -0.1) is 5.10 Å². The molecule has 1 aromatic carbocycles. The number of benzene rings is 1. The molecular formula is C11H11N3O2. The van der Waals surface area contributed by atoms with E-state index in [4.69, 9.17) is 4.42 Å². The molecule has 0 saturated heterocycles. The molecule has 0 atom stereocenters. The molecule has 0 unspecified atom stereocenters. The van der Waals surface area contributed by atoms with Crippen molar-refractivity contribution < 1.29 is 9.21 Å². The summed E-state index contributed by atoms with van der Waals surface area (Å²) in [7, 11) is 0. The second-order valence-electron chi connectivity index (χ2n) is 3.46. The van der Waals surface area contributed by atoms with E-state index in [1.54, 1.807) is 0 Å². The van der Waals surface area contributed by atoms with Crippen LogP contribution in [-0.4, -0.2) is 16.1 Å². The smallest absolute Gasteiger partial charge is 0.322 e. The molecule has 16 heavy (non-hydrogen) atoms. The van der Waals surface area contributed by atoms with E-state index in [0.29, 0.717) is 5.89 Å². The molecule has 2 rings (SSSR count). The first-order valence-corrected chi connectivity index (χ1v) is 4.83. The van der Waals surface area contributed by atoms with E-state index in [9.17, 15) is 4.79 Å². The van der Waals surface area contributed by atoms with Gasteiger partial charge in [0.15, 0.2) is 0 Å². The van der Waals surface area contributed by atoms with Gasteiger partial charge in [-0.3, -0.25) is 10.1 Å². The monoisotopic (exact) mass is 217 g/mol. The molecule has 0 aliphatic heterocycles. The number of aromatic nitrogens is 2. The molecule has 1 aromatic heterocycles. The summed E-state index contributed by atoms with van der Waals surface area (Å²) in [5, 5.41) is 9.97. The van der Waals surface area contributed by atoms with Gasteiger partial charge in [-0.1, -0.05) is 22.8 Å². The zero-order valence-corrected chi connectivity index (χ0v) is 9.02. The van der Waals surface area contributed by atoms with Gasteiger partial charge >= 0.3 is 6.01 Å². The number of rotatable bonds is 2. The van der Waals surface area contributed by atoms with Gasteiger partial charge in [0.05, 0.1) is 0 Å². The van der Waals surface area contributed by atoms with E-state index in [0.717, 1.165) is 11.1 Å². The summed E-state index contributed by atoms with van der Waals surface area (Å²) in [4.78, 5) is 10.8. The second kappa shape index (κ2) is 4.14. The van der Waals surface area contributed by atoms with Crippen molar-refractivity contribution in [1.29, 1.82) is 0 Å². The highest BCUT2D eigenvalue weighted by Gasteiger charge is 2.08. The molecule has 5 heteroatoms. The van der Waals surface area contributed by atoms with E-state index in [-0.39, 0.29) is 11.9 Å². The summed E-state index contributed by atoms with van der Waals surface area (Å²) in [6.45, 7) is 3.39. The summed E-state index contributed by atoms with van der Waals surface area (Å²) in [6, 6.07) is 7.80. The minimum atomic E-state index is -0.237. The Balaban J connectivity index is 2.24. The topological polar surface area (TPSA) is 68.0 Å². The lowest BCUT2D eigenvalue weighted by atomic mass is 10.1. The highest BCUT2D eigenvalue weighted by Crippen LogP contribution is 2.19. The number of anilines is 1. The Morgan fingerprint density at radius 1 is 1.25 bits per heavy atom. The Kier molecular flexibility index (Phi) is 2.68. The van der Waals surface area contributed by atoms with Crippen LogP contribution in [0.15, 0.2) is 28.7 Å². The number of hydrogen-bond donors (Lipinski definition) is 1. The molecule has 2 aromatic rings. The van der Waals surface area contributed by atoms with Crippen LogP contribution in [0, 0.1) is 6.92 Å². The van der Waals surface area contributed by atoms with Gasteiger partial charge in [-0.2, -0.15) is 0 Å². The Morgan fingerprint density at radius 2 is 1.94 bits per heavy atom. The molecule has 0 saturated carbocycles. The van der Waals surface area contributed by atoms with E-state index >= 15 is 0 Å². The van der Waals surface area contributed by atoms with Crippen molar-refractivity contribution in [3.05, 3.63) is 29.8 Å². The van der Waals surface area contributed by atoms with Crippen LogP contribution in [0.25, 0.3) is 11.5 Å². The summed E-state index contributed by atoms with van der Waals surface area (Å²) >= 11 is 0. The number of carbonyl (C=O) groups excluding carboxylic acids is 1. The van der Waals surface area contributed by atoms with Gasteiger partial charge in [-0.25, -0.2) is 0 Å². The van der Waals surface area contributed by atoms with Crippen LogP contribution >= 0.6 is 0 Å². The van der Waals surface area contributed by atoms with Crippen molar-refractivity contribution in [3.8, 4) is 11.5 Å². The zero-order chi connectivity index (χ0) is 11.5. The quantitative estimate of drug-likeness (QED) is 0.835. The third kappa shape index (κ3) is 2.25. The number of carbonyl (C=O) groups is 1. The van der Waals surface area contributed by atoms with Gasteiger partial charge in [0, 0.05) is 12.5 Å². The summed E-state index contributed by atoms with van der Waals surface area (Å²) in [6.07, 6.45) is 0. The first-order chi connectivity index (χ1) is 7.65. The second-order valence-corrected chi connectivity index (χ2v) is 3.46. The van der Waals surface area contributed by atoms with Gasteiger partial charge in [-0.05, 0) is 19.1 Å². The van der Waals surface area contributed by atoms with Crippen LogP contribution in [0.4, 0.5) is 6.01 Å². The van der Waals surface area contributed by atoms with Crippen LogP contribution < -0.4 is 5.32 Å². The third-order valence-corrected chi connectivity index (χ3v) is 2.01. The van der Waals surface area contributed by atoms with Gasteiger partial charge in [0.25, 0.3) is 0 Å². The minimum absolute atomic E-state index is 0.114. The number of nitrogens with zero attached hydrogens (tertiary/aromatic N) is 2. The molecule has 1 N–H and O–H groups in total. The summed E-state index contributed by atoms with van der Waals surface area (Å²) < 4.78 is 5.27. The van der Waals surface area contributed by atoms with E-state index in [1.165, 1.54) is 6.92 Å². The van der Waals surface area contributed by atoms with E-state index in [1.807, 2.05) is 31.2 Å². The van der Waals surface area contributed by atoms with Gasteiger partial charge < -0.3 is 4.42 Å². The fourth-order valence-electron chi connectivity index (χ4n) is 1.24. The highest BCUT2D eigenvalue weighted by molar-refractivity contribution is 5.86. The number of amides is 1. The Morgan fingerprint density at radius 3 is 2.56 bits per heavy atom. The maximum Gasteiger partial charge on any atom is 0.322 e. The van der Waals surface area contributed by atoms with Crippen LogP contribution in [0.3, 0.4) is 0 Å². The summed E-state index contributed by atoms with van der Waals surface area (Å²) in [5.41, 5.74) is 1.99. The SMILES string of the molecule is CC(=O)Nc1nnc(-c2ccc(C)cc2)o1. The number of aryl methyl sites for hydroxylation is 1. The number of nitrogens with one attached hydrogen (secondary N) is 1.